The van der Waals surface area contributed by atoms with Gasteiger partial charge in [0.25, 0.3) is 5.56 Å². The summed E-state index contributed by atoms with van der Waals surface area (Å²) >= 11 is 0. The Labute approximate surface area is 109 Å². The van der Waals surface area contributed by atoms with Crippen LogP contribution in [-0.4, -0.2) is 15.0 Å². The van der Waals surface area contributed by atoms with Crippen molar-refractivity contribution in [2.75, 3.05) is 5.32 Å². The van der Waals surface area contributed by atoms with Crippen LogP contribution in [0.2, 0.25) is 0 Å². The van der Waals surface area contributed by atoms with Gasteiger partial charge < -0.3 is 10.3 Å². The monoisotopic (exact) mass is 252 g/mol. The van der Waals surface area contributed by atoms with Gasteiger partial charge in [-0.1, -0.05) is 24.3 Å². The Bertz CT molecular complexity index is 761. The van der Waals surface area contributed by atoms with Gasteiger partial charge in [0.2, 0.25) is 0 Å². The van der Waals surface area contributed by atoms with Crippen molar-refractivity contribution >= 4 is 16.7 Å². The molecule has 5 heteroatoms. The highest BCUT2D eigenvalue weighted by molar-refractivity contribution is 5.81. The number of hydrogen-bond acceptors (Lipinski definition) is 4. The van der Waals surface area contributed by atoms with E-state index in [9.17, 15) is 4.79 Å². The molecular weight excluding hydrogens is 240 g/mol. The van der Waals surface area contributed by atoms with Crippen LogP contribution in [0.4, 0.5) is 5.82 Å². The van der Waals surface area contributed by atoms with Crippen molar-refractivity contribution in [2.24, 2.45) is 0 Å². The average Bonchev–Trinajstić information content (AvgIpc) is 2.46. The van der Waals surface area contributed by atoms with E-state index in [4.69, 9.17) is 0 Å². The number of pyridine rings is 1. The summed E-state index contributed by atoms with van der Waals surface area (Å²) in [5.74, 6) is 0.315. The summed E-state index contributed by atoms with van der Waals surface area (Å²) in [6.45, 7) is 0.508. The standard InChI is InChI=1S/C14H12N4O/c19-14-13(16-7-8-17-14)18-9-11-4-1-3-10-5-2-6-15-12(10)11/h1-8H,9H2,(H,16,18)(H,17,19). The summed E-state index contributed by atoms with van der Waals surface area (Å²) < 4.78 is 0. The maximum absolute atomic E-state index is 11.5. The second-order valence-corrected chi connectivity index (χ2v) is 4.11. The number of aromatic amines is 1. The second-order valence-electron chi connectivity index (χ2n) is 4.11. The van der Waals surface area contributed by atoms with Crippen LogP contribution in [0, 0.1) is 0 Å². The van der Waals surface area contributed by atoms with Gasteiger partial charge in [-0.3, -0.25) is 9.78 Å². The van der Waals surface area contributed by atoms with Crippen LogP contribution in [0.25, 0.3) is 10.9 Å². The summed E-state index contributed by atoms with van der Waals surface area (Å²) in [7, 11) is 0. The fraction of sp³-hybridized carbons (Fsp3) is 0.0714. The van der Waals surface area contributed by atoms with Gasteiger partial charge in [-0.2, -0.15) is 0 Å². The van der Waals surface area contributed by atoms with Crippen molar-refractivity contribution in [2.45, 2.75) is 6.54 Å². The van der Waals surface area contributed by atoms with E-state index in [-0.39, 0.29) is 5.56 Å². The number of fused-ring (bicyclic) bond motifs is 1. The Balaban J connectivity index is 1.90. The molecule has 0 fully saturated rings. The van der Waals surface area contributed by atoms with E-state index in [0.717, 1.165) is 16.5 Å². The molecule has 2 N–H and O–H groups in total. The van der Waals surface area contributed by atoms with Crippen LogP contribution in [0.1, 0.15) is 5.56 Å². The topological polar surface area (TPSA) is 70.7 Å². The highest BCUT2D eigenvalue weighted by atomic mass is 16.1. The summed E-state index contributed by atoms with van der Waals surface area (Å²) in [4.78, 5) is 22.5. The highest BCUT2D eigenvalue weighted by Gasteiger charge is 2.03. The van der Waals surface area contributed by atoms with E-state index in [0.29, 0.717) is 12.4 Å². The summed E-state index contributed by atoms with van der Waals surface area (Å²) in [5.41, 5.74) is 1.74. The highest BCUT2D eigenvalue weighted by Crippen LogP contribution is 2.16. The molecule has 0 bridgehead atoms. The number of H-pyrrole nitrogens is 1. The fourth-order valence-corrected chi connectivity index (χ4v) is 1.97. The molecule has 3 rings (SSSR count). The zero-order valence-corrected chi connectivity index (χ0v) is 10.1. The lowest BCUT2D eigenvalue weighted by atomic mass is 10.1. The Morgan fingerprint density at radius 2 is 2.00 bits per heavy atom. The molecular formula is C14H12N4O. The number of hydrogen-bond donors (Lipinski definition) is 2. The molecule has 0 unspecified atom stereocenters. The summed E-state index contributed by atoms with van der Waals surface area (Å²) in [6.07, 6.45) is 4.82. The number of nitrogens with one attached hydrogen (secondary N) is 2. The zero-order chi connectivity index (χ0) is 13.1. The first kappa shape index (κ1) is 11.4. The van der Waals surface area contributed by atoms with Gasteiger partial charge >= 0.3 is 0 Å². The lowest BCUT2D eigenvalue weighted by Crippen LogP contribution is -2.15. The number of anilines is 1. The molecule has 0 aliphatic carbocycles. The van der Waals surface area contributed by atoms with Gasteiger partial charge in [0.15, 0.2) is 5.82 Å². The molecule has 0 saturated carbocycles. The predicted molar refractivity (Wildman–Crippen MR) is 73.9 cm³/mol. The molecule has 3 aromatic rings. The Morgan fingerprint density at radius 3 is 2.89 bits per heavy atom. The molecule has 0 amide bonds. The van der Waals surface area contributed by atoms with Crippen molar-refractivity contribution < 1.29 is 0 Å². The maximum Gasteiger partial charge on any atom is 0.290 e. The van der Waals surface area contributed by atoms with E-state index >= 15 is 0 Å². The van der Waals surface area contributed by atoms with Crippen molar-refractivity contribution in [3.8, 4) is 0 Å². The first-order valence-corrected chi connectivity index (χ1v) is 5.95. The van der Waals surface area contributed by atoms with Gasteiger partial charge in [-0.05, 0) is 11.6 Å². The molecule has 0 aliphatic rings. The molecule has 2 heterocycles. The molecule has 19 heavy (non-hydrogen) atoms. The van der Waals surface area contributed by atoms with Crippen molar-refractivity contribution in [3.05, 3.63) is 64.8 Å². The van der Waals surface area contributed by atoms with Crippen molar-refractivity contribution in [3.63, 3.8) is 0 Å². The first-order valence-electron chi connectivity index (χ1n) is 5.95. The van der Waals surface area contributed by atoms with Gasteiger partial charge in [0, 0.05) is 30.5 Å². The number of aromatic nitrogens is 3. The lowest BCUT2D eigenvalue weighted by molar-refractivity contribution is 1.06. The van der Waals surface area contributed by atoms with E-state index in [1.54, 1.807) is 12.4 Å². The van der Waals surface area contributed by atoms with Crippen LogP contribution >= 0.6 is 0 Å². The molecule has 94 valence electrons. The SMILES string of the molecule is O=c1[nH]ccnc1NCc1cccc2cccnc12. The van der Waals surface area contributed by atoms with Crippen LogP contribution < -0.4 is 10.9 Å². The molecule has 5 nitrogen and oxygen atoms in total. The number of benzene rings is 1. The van der Waals surface area contributed by atoms with Gasteiger partial charge in [-0.15, -0.1) is 0 Å². The molecule has 0 aliphatic heterocycles. The number of para-hydroxylation sites is 1. The Morgan fingerprint density at radius 1 is 1.11 bits per heavy atom. The van der Waals surface area contributed by atoms with E-state index in [1.807, 2.05) is 30.3 Å². The lowest BCUT2D eigenvalue weighted by Gasteiger charge is -2.07. The average molecular weight is 252 g/mol. The minimum absolute atomic E-state index is 0.226. The Hall–Kier alpha value is -2.69. The van der Waals surface area contributed by atoms with Crippen molar-refractivity contribution in [1.29, 1.82) is 0 Å². The maximum atomic E-state index is 11.5. The first-order chi connectivity index (χ1) is 9.34. The third-order valence-electron chi connectivity index (χ3n) is 2.87. The Kier molecular flexibility index (Phi) is 2.94. The minimum Gasteiger partial charge on any atom is -0.361 e. The molecule has 1 aromatic carbocycles. The third-order valence-corrected chi connectivity index (χ3v) is 2.87. The zero-order valence-electron chi connectivity index (χ0n) is 10.1. The number of rotatable bonds is 3. The third kappa shape index (κ3) is 2.30. The molecule has 2 aromatic heterocycles. The quantitative estimate of drug-likeness (QED) is 0.747. The van der Waals surface area contributed by atoms with E-state index in [1.165, 1.54) is 6.20 Å². The normalized spacial score (nSPS) is 10.5. The fourth-order valence-electron chi connectivity index (χ4n) is 1.97. The van der Waals surface area contributed by atoms with Crippen molar-refractivity contribution in [1.82, 2.24) is 15.0 Å². The number of nitrogens with zero attached hydrogens (tertiary/aromatic N) is 2. The summed E-state index contributed by atoms with van der Waals surface area (Å²) in [5, 5.41) is 4.11. The predicted octanol–water partition coefficient (Wildman–Crippen LogP) is 1.93. The molecule has 0 atom stereocenters. The van der Waals surface area contributed by atoms with E-state index < -0.39 is 0 Å². The van der Waals surface area contributed by atoms with Gasteiger partial charge in [0.05, 0.1) is 5.52 Å². The molecule has 0 spiro atoms. The minimum atomic E-state index is -0.226. The van der Waals surface area contributed by atoms with Gasteiger partial charge in [0.1, 0.15) is 0 Å². The van der Waals surface area contributed by atoms with Gasteiger partial charge in [-0.25, -0.2) is 4.98 Å². The van der Waals surface area contributed by atoms with Crippen LogP contribution in [0.5, 0.6) is 0 Å². The largest absolute Gasteiger partial charge is 0.361 e. The second kappa shape index (κ2) is 4.89. The van der Waals surface area contributed by atoms with Crippen LogP contribution in [-0.2, 0) is 6.54 Å². The summed E-state index contributed by atoms with van der Waals surface area (Å²) in [6, 6.07) is 9.89. The van der Waals surface area contributed by atoms with E-state index in [2.05, 4.69) is 20.3 Å². The molecule has 0 saturated heterocycles. The van der Waals surface area contributed by atoms with Crippen LogP contribution in [0.3, 0.4) is 0 Å². The smallest absolute Gasteiger partial charge is 0.290 e. The molecule has 0 radical (unpaired) electrons. The van der Waals surface area contributed by atoms with Crippen LogP contribution in [0.15, 0.2) is 53.7 Å².